The molecule has 2 rings (SSSR count). The molecule has 3 atom stereocenters. The number of hydrogen-bond donors (Lipinski definition) is 2. The molecule has 0 radical (unpaired) electrons. The first-order valence-corrected chi connectivity index (χ1v) is 10.6. The van der Waals surface area contributed by atoms with Crippen LogP contribution < -0.4 is 5.32 Å². The Morgan fingerprint density at radius 2 is 2.09 bits per heavy atom. The van der Waals surface area contributed by atoms with Gasteiger partial charge in [-0.15, -0.1) is 11.3 Å². The van der Waals surface area contributed by atoms with Crippen LogP contribution in [-0.4, -0.2) is 38.0 Å². The van der Waals surface area contributed by atoms with Crippen molar-refractivity contribution in [3.05, 3.63) is 17.5 Å². The van der Waals surface area contributed by atoms with E-state index in [-0.39, 0.29) is 5.75 Å². The summed E-state index contributed by atoms with van der Waals surface area (Å²) in [4.78, 5) is 0. The quantitative estimate of drug-likeness (QED) is 0.797. The lowest BCUT2D eigenvalue weighted by molar-refractivity contribution is 0.156. The third kappa shape index (κ3) is 4.78. The first-order chi connectivity index (χ1) is 10.4. The summed E-state index contributed by atoms with van der Waals surface area (Å²) >= 11 is 1.20. The Kier molecular flexibility index (Phi) is 6.44. The summed E-state index contributed by atoms with van der Waals surface area (Å²) in [7, 11) is -3.37. The van der Waals surface area contributed by atoms with E-state index in [4.69, 9.17) is 0 Å². The van der Waals surface area contributed by atoms with Crippen molar-refractivity contribution in [3.8, 4) is 0 Å². The van der Waals surface area contributed by atoms with Crippen LogP contribution in [0.1, 0.15) is 39.5 Å². The highest BCUT2D eigenvalue weighted by atomic mass is 32.2. The minimum absolute atomic E-state index is 0.209. The topological polar surface area (TPSA) is 66.4 Å². The van der Waals surface area contributed by atoms with E-state index in [0.717, 1.165) is 6.42 Å². The van der Waals surface area contributed by atoms with Crippen molar-refractivity contribution in [1.82, 2.24) is 5.32 Å². The molecular weight excluding hydrogens is 318 g/mol. The van der Waals surface area contributed by atoms with Crippen molar-refractivity contribution in [2.45, 2.75) is 55.9 Å². The Morgan fingerprint density at radius 3 is 2.73 bits per heavy atom. The maximum absolute atomic E-state index is 12.2. The van der Waals surface area contributed by atoms with Crippen LogP contribution in [0.2, 0.25) is 0 Å². The minimum Gasteiger partial charge on any atom is -0.391 e. The van der Waals surface area contributed by atoms with Gasteiger partial charge in [0.15, 0.2) is 9.84 Å². The van der Waals surface area contributed by atoms with Gasteiger partial charge in [0.25, 0.3) is 0 Å². The van der Waals surface area contributed by atoms with Crippen molar-refractivity contribution >= 4 is 21.2 Å². The molecule has 4 nitrogen and oxygen atoms in total. The van der Waals surface area contributed by atoms with Gasteiger partial charge in [0, 0.05) is 12.6 Å². The Bertz CT molecular complexity index is 540. The van der Waals surface area contributed by atoms with E-state index in [1.807, 2.05) is 0 Å². The highest BCUT2D eigenvalue weighted by molar-refractivity contribution is 7.93. The molecule has 2 N–H and O–H groups in total. The summed E-state index contributed by atoms with van der Waals surface area (Å²) in [6.45, 7) is 4.82. The molecule has 1 aliphatic rings. The Balaban J connectivity index is 1.86. The molecule has 0 aliphatic heterocycles. The Hall–Kier alpha value is -0.430. The average Bonchev–Trinajstić information content (AvgIpc) is 3.00. The number of thiophene rings is 1. The van der Waals surface area contributed by atoms with Gasteiger partial charge < -0.3 is 10.4 Å². The van der Waals surface area contributed by atoms with E-state index in [9.17, 15) is 13.5 Å². The lowest BCUT2D eigenvalue weighted by Crippen LogP contribution is -2.45. The van der Waals surface area contributed by atoms with E-state index in [0.29, 0.717) is 28.6 Å². The number of aliphatic hydroxyl groups excluding tert-OH is 1. The molecule has 1 aromatic rings. The molecule has 1 heterocycles. The summed E-state index contributed by atoms with van der Waals surface area (Å²) in [6.07, 6.45) is 3.97. The molecule has 126 valence electrons. The summed E-state index contributed by atoms with van der Waals surface area (Å²) in [5.41, 5.74) is 0. The molecule has 3 unspecified atom stereocenters. The number of rotatable bonds is 7. The summed E-state index contributed by atoms with van der Waals surface area (Å²) in [6, 6.07) is 3.71. The first-order valence-electron chi connectivity index (χ1n) is 8.08. The van der Waals surface area contributed by atoms with Crippen molar-refractivity contribution in [3.63, 3.8) is 0 Å². The Labute approximate surface area is 137 Å². The van der Waals surface area contributed by atoms with Crippen LogP contribution in [0.5, 0.6) is 0 Å². The third-order valence-electron chi connectivity index (χ3n) is 4.50. The Morgan fingerprint density at radius 1 is 1.36 bits per heavy atom. The first kappa shape index (κ1) is 17.9. The van der Waals surface area contributed by atoms with Crippen molar-refractivity contribution < 1.29 is 13.5 Å². The lowest BCUT2D eigenvalue weighted by atomic mass is 9.78. The largest absolute Gasteiger partial charge is 0.391 e. The average molecular weight is 346 g/mol. The maximum atomic E-state index is 12.2. The van der Waals surface area contributed by atoms with Gasteiger partial charge in [0.2, 0.25) is 0 Å². The SMILES string of the molecule is CC(C)C1CCCCC1NCC(O)CS(=O)(=O)c1cccs1. The maximum Gasteiger partial charge on any atom is 0.190 e. The van der Waals surface area contributed by atoms with Crippen LogP contribution >= 0.6 is 11.3 Å². The minimum atomic E-state index is -3.37. The number of aliphatic hydroxyl groups is 1. The second-order valence-corrected chi connectivity index (χ2v) is 9.78. The lowest BCUT2D eigenvalue weighted by Gasteiger charge is -2.35. The zero-order valence-corrected chi connectivity index (χ0v) is 15.0. The van der Waals surface area contributed by atoms with Gasteiger partial charge in [0.1, 0.15) is 4.21 Å². The summed E-state index contributed by atoms with van der Waals surface area (Å²) < 4.78 is 24.6. The standard InChI is InChI=1S/C16H27NO3S2/c1-12(2)14-6-3-4-7-15(14)17-10-13(18)11-22(19,20)16-8-5-9-21-16/h5,8-9,12-15,17-18H,3-4,6-7,10-11H2,1-2H3. The molecule has 6 heteroatoms. The molecule has 1 saturated carbocycles. The van der Waals surface area contributed by atoms with E-state index in [2.05, 4.69) is 19.2 Å². The highest BCUT2D eigenvalue weighted by Crippen LogP contribution is 2.30. The normalized spacial score (nSPS) is 24.5. The molecular formula is C16H27NO3S2. The monoisotopic (exact) mass is 345 g/mol. The fraction of sp³-hybridized carbons (Fsp3) is 0.750. The molecule has 0 amide bonds. The molecule has 1 aliphatic carbocycles. The molecule has 1 fully saturated rings. The van der Waals surface area contributed by atoms with E-state index >= 15 is 0 Å². The van der Waals surface area contributed by atoms with Gasteiger partial charge in [-0.05, 0) is 36.1 Å². The third-order valence-corrected chi connectivity index (χ3v) is 7.79. The zero-order valence-electron chi connectivity index (χ0n) is 13.4. The smallest absolute Gasteiger partial charge is 0.190 e. The number of hydrogen-bond acceptors (Lipinski definition) is 5. The van der Waals surface area contributed by atoms with Gasteiger partial charge in [-0.1, -0.05) is 32.8 Å². The zero-order chi connectivity index (χ0) is 16.2. The second kappa shape index (κ2) is 7.90. The van der Waals surface area contributed by atoms with Crippen LogP contribution in [0, 0.1) is 11.8 Å². The van der Waals surface area contributed by atoms with Crippen LogP contribution in [0.25, 0.3) is 0 Å². The van der Waals surface area contributed by atoms with Gasteiger partial charge >= 0.3 is 0 Å². The second-order valence-electron chi connectivity index (χ2n) is 6.57. The van der Waals surface area contributed by atoms with E-state index in [1.54, 1.807) is 17.5 Å². The fourth-order valence-electron chi connectivity index (χ4n) is 3.33. The predicted molar refractivity (Wildman–Crippen MR) is 91.0 cm³/mol. The highest BCUT2D eigenvalue weighted by Gasteiger charge is 2.28. The fourth-order valence-corrected chi connectivity index (χ4v) is 5.81. The molecule has 1 aromatic heterocycles. The van der Waals surface area contributed by atoms with E-state index < -0.39 is 15.9 Å². The van der Waals surface area contributed by atoms with Crippen LogP contribution in [0.4, 0.5) is 0 Å². The van der Waals surface area contributed by atoms with Crippen LogP contribution in [0.15, 0.2) is 21.7 Å². The van der Waals surface area contributed by atoms with Gasteiger partial charge in [-0.2, -0.15) is 0 Å². The molecule has 22 heavy (non-hydrogen) atoms. The van der Waals surface area contributed by atoms with Gasteiger partial charge in [0.05, 0.1) is 11.9 Å². The number of nitrogens with one attached hydrogen (secondary N) is 1. The van der Waals surface area contributed by atoms with Gasteiger partial charge in [-0.25, -0.2) is 8.42 Å². The van der Waals surface area contributed by atoms with Crippen molar-refractivity contribution in [2.24, 2.45) is 11.8 Å². The van der Waals surface area contributed by atoms with Crippen LogP contribution in [0.3, 0.4) is 0 Å². The summed E-state index contributed by atoms with van der Waals surface area (Å²) in [5, 5.41) is 15.3. The van der Waals surface area contributed by atoms with Gasteiger partial charge in [-0.3, -0.25) is 0 Å². The molecule has 0 bridgehead atoms. The number of sulfone groups is 1. The molecule has 0 spiro atoms. The summed E-state index contributed by atoms with van der Waals surface area (Å²) in [5.74, 6) is 1.03. The molecule has 0 saturated heterocycles. The van der Waals surface area contributed by atoms with E-state index in [1.165, 1.54) is 30.6 Å². The predicted octanol–water partition coefficient (Wildman–Crippen LogP) is 2.69. The molecule has 0 aromatic carbocycles. The van der Waals surface area contributed by atoms with Crippen LogP contribution in [-0.2, 0) is 9.84 Å². The van der Waals surface area contributed by atoms with Crippen molar-refractivity contribution in [1.29, 1.82) is 0 Å². The van der Waals surface area contributed by atoms with Crippen molar-refractivity contribution in [2.75, 3.05) is 12.3 Å².